The van der Waals surface area contributed by atoms with Crippen LogP contribution in [0.5, 0.6) is 0 Å². The van der Waals surface area contributed by atoms with Crippen LogP contribution in [0, 0.1) is 0 Å². The fourth-order valence-electron chi connectivity index (χ4n) is 5.55. The molecular formula is C46H81O9P. The summed E-state index contributed by atoms with van der Waals surface area (Å²) in [6.07, 6.45) is 50.0. The van der Waals surface area contributed by atoms with Gasteiger partial charge in [0.05, 0.1) is 26.4 Å². The van der Waals surface area contributed by atoms with Crippen LogP contribution in [0.25, 0.3) is 0 Å². The number of aliphatic hydroxyl groups is 2. The van der Waals surface area contributed by atoms with Gasteiger partial charge in [0.2, 0.25) is 0 Å². The van der Waals surface area contributed by atoms with Gasteiger partial charge in [0.15, 0.2) is 0 Å². The number of esters is 1. The van der Waals surface area contributed by atoms with E-state index in [4.69, 9.17) is 23.6 Å². The molecule has 0 amide bonds. The highest BCUT2D eigenvalue weighted by Gasteiger charge is 2.26. The van der Waals surface area contributed by atoms with Gasteiger partial charge in [-0.05, 0) is 83.5 Å². The number of rotatable bonds is 41. The van der Waals surface area contributed by atoms with Gasteiger partial charge < -0.3 is 24.6 Å². The van der Waals surface area contributed by atoms with Crippen molar-refractivity contribution in [2.45, 2.75) is 180 Å². The predicted molar refractivity (Wildman–Crippen MR) is 233 cm³/mol. The molecule has 0 aromatic heterocycles. The Labute approximate surface area is 342 Å². The quantitative estimate of drug-likeness (QED) is 0.0239. The van der Waals surface area contributed by atoms with Crippen LogP contribution >= 0.6 is 7.82 Å². The molecule has 3 unspecified atom stereocenters. The van der Waals surface area contributed by atoms with Gasteiger partial charge in [-0.15, -0.1) is 0 Å². The minimum absolute atomic E-state index is 0.0310. The first-order valence-electron chi connectivity index (χ1n) is 21.9. The summed E-state index contributed by atoms with van der Waals surface area (Å²) in [5, 5.41) is 18.4. The summed E-state index contributed by atoms with van der Waals surface area (Å²) < 4.78 is 33.4. The van der Waals surface area contributed by atoms with Crippen LogP contribution in [0.15, 0.2) is 72.9 Å². The Balaban J connectivity index is 4.23. The fraction of sp³-hybridized carbons (Fsp3) is 0.717. The Kier molecular flexibility index (Phi) is 40.9. The highest BCUT2D eigenvalue weighted by atomic mass is 31.2. The molecule has 56 heavy (non-hydrogen) atoms. The smallest absolute Gasteiger partial charge is 0.457 e. The summed E-state index contributed by atoms with van der Waals surface area (Å²) in [6, 6.07) is 0. The van der Waals surface area contributed by atoms with Crippen molar-refractivity contribution >= 4 is 13.8 Å². The van der Waals surface area contributed by atoms with Crippen molar-refractivity contribution in [2.24, 2.45) is 0 Å². The molecule has 0 fully saturated rings. The molecule has 0 aliphatic rings. The van der Waals surface area contributed by atoms with E-state index in [2.05, 4.69) is 86.8 Å². The molecule has 0 rings (SSSR count). The second kappa shape index (κ2) is 42.5. The van der Waals surface area contributed by atoms with Gasteiger partial charge in [0.1, 0.15) is 12.2 Å². The molecule has 0 aliphatic heterocycles. The lowest BCUT2D eigenvalue weighted by Crippen LogP contribution is -2.29. The van der Waals surface area contributed by atoms with Gasteiger partial charge in [-0.3, -0.25) is 13.8 Å². The summed E-state index contributed by atoms with van der Waals surface area (Å²) in [7, 11) is -4.53. The van der Waals surface area contributed by atoms with E-state index < -0.39 is 45.8 Å². The Morgan fingerprint density at radius 3 is 1.54 bits per heavy atom. The van der Waals surface area contributed by atoms with E-state index in [1.54, 1.807) is 0 Å². The average Bonchev–Trinajstić information content (AvgIpc) is 3.19. The maximum Gasteiger partial charge on any atom is 0.472 e. The maximum atomic E-state index is 12.6. The van der Waals surface area contributed by atoms with Crippen molar-refractivity contribution in [3.8, 4) is 0 Å². The zero-order valence-electron chi connectivity index (χ0n) is 35.3. The highest BCUT2D eigenvalue weighted by Crippen LogP contribution is 2.43. The molecule has 3 atom stereocenters. The Hall–Kier alpha value is -2.10. The number of hydrogen-bond donors (Lipinski definition) is 3. The Bertz CT molecular complexity index is 1100. The molecule has 3 N–H and O–H groups in total. The number of ether oxygens (including phenoxy) is 2. The highest BCUT2D eigenvalue weighted by molar-refractivity contribution is 7.47. The molecule has 0 aliphatic carbocycles. The Morgan fingerprint density at radius 2 is 1.02 bits per heavy atom. The summed E-state index contributed by atoms with van der Waals surface area (Å²) in [5.74, 6) is -0.403. The van der Waals surface area contributed by atoms with Crippen molar-refractivity contribution in [2.75, 3.05) is 33.0 Å². The second-order valence-corrected chi connectivity index (χ2v) is 15.8. The van der Waals surface area contributed by atoms with Crippen LogP contribution in [0.3, 0.4) is 0 Å². The van der Waals surface area contributed by atoms with Crippen molar-refractivity contribution in [1.29, 1.82) is 0 Å². The third-order valence-corrected chi connectivity index (χ3v) is 9.83. The van der Waals surface area contributed by atoms with Crippen molar-refractivity contribution in [3.63, 3.8) is 0 Å². The molecule has 0 aromatic rings. The van der Waals surface area contributed by atoms with Crippen molar-refractivity contribution in [3.05, 3.63) is 72.9 Å². The summed E-state index contributed by atoms with van der Waals surface area (Å²) in [4.78, 5) is 22.6. The minimum Gasteiger partial charge on any atom is -0.457 e. The van der Waals surface area contributed by atoms with Crippen molar-refractivity contribution in [1.82, 2.24) is 0 Å². The average molecular weight is 809 g/mol. The van der Waals surface area contributed by atoms with Crippen LogP contribution in [0.2, 0.25) is 0 Å². The lowest BCUT2D eigenvalue weighted by Gasteiger charge is -2.20. The monoisotopic (exact) mass is 809 g/mol. The van der Waals surface area contributed by atoms with Crippen LogP contribution in [-0.4, -0.2) is 66.3 Å². The van der Waals surface area contributed by atoms with E-state index in [0.29, 0.717) is 13.0 Å². The first kappa shape index (κ1) is 53.9. The zero-order valence-corrected chi connectivity index (χ0v) is 36.2. The number of carbonyl (C=O) groups is 1. The van der Waals surface area contributed by atoms with E-state index >= 15 is 0 Å². The molecule has 0 heterocycles. The van der Waals surface area contributed by atoms with Gasteiger partial charge >= 0.3 is 13.8 Å². The van der Waals surface area contributed by atoms with Crippen LogP contribution in [0.4, 0.5) is 0 Å². The lowest BCUT2D eigenvalue weighted by atomic mass is 10.1. The number of carbonyl (C=O) groups excluding carboxylic acids is 1. The molecule has 10 heteroatoms. The van der Waals surface area contributed by atoms with Gasteiger partial charge in [0, 0.05) is 13.0 Å². The zero-order chi connectivity index (χ0) is 41.1. The first-order chi connectivity index (χ1) is 27.3. The summed E-state index contributed by atoms with van der Waals surface area (Å²) in [5.41, 5.74) is 0. The van der Waals surface area contributed by atoms with E-state index in [1.165, 1.54) is 44.9 Å². The normalized spacial score (nSPS) is 14.7. The predicted octanol–water partition coefficient (Wildman–Crippen LogP) is 12.1. The van der Waals surface area contributed by atoms with Crippen LogP contribution in [-0.2, 0) is 27.9 Å². The van der Waals surface area contributed by atoms with Gasteiger partial charge in [-0.1, -0.05) is 151 Å². The van der Waals surface area contributed by atoms with Crippen LogP contribution in [0.1, 0.15) is 168 Å². The van der Waals surface area contributed by atoms with Gasteiger partial charge in [0.25, 0.3) is 0 Å². The van der Waals surface area contributed by atoms with Crippen LogP contribution < -0.4 is 0 Å². The molecule has 0 bridgehead atoms. The number of allylic oxidation sites excluding steroid dienone is 12. The summed E-state index contributed by atoms with van der Waals surface area (Å²) >= 11 is 0. The van der Waals surface area contributed by atoms with E-state index in [9.17, 15) is 19.4 Å². The molecule has 0 spiro atoms. The van der Waals surface area contributed by atoms with Gasteiger partial charge in [-0.2, -0.15) is 0 Å². The number of hydrogen-bond acceptors (Lipinski definition) is 8. The van der Waals surface area contributed by atoms with E-state index in [1.807, 2.05) is 0 Å². The maximum absolute atomic E-state index is 12.6. The van der Waals surface area contributed by atoms with E-state index in [0.717, 1.165) is 96.3 Å². The molecule has 0 saturated carbocycles. The summed E-state index contributed by atoms with van der Waals surface area (Å²) in [6.45, 7) is 3.32. The van der Waals surface area contributed by atoms with Gasteiger partial charge in [-0.25, -0.2) is 4.57 Å². The number of phosphoric acid groups is 1. The Morgan fingerprint density at radius 1 is 0.571 bits per heavy atom. The SMILES string of the molecule is CC/C=C\C/C=C\C/C=C\CCCCCCCCOCC(COP(=O)(O)OCC(O)CO)OC(=O)CCCCCCCC/C=C\C/C=C\C/C=C\CCCCC. The number of unbranched alkanes of at least 4 members (excludes halogenated alkanes) is 15. The molecule has 0 aromatic carbocycles. The standard InChI is InChI=1S/C46H81O9P/c1-3-5-7-9-11-13-15-17-19-21-22-23-24-26-28-30-32-34-36-38-46(49)55-45(43-54-56(50,51)53-41-44(48)40-47)42-52-39-37-35-33-31-29-27-25-20-18-16-14-12-10-8-6-4-2/h6,8,11-14,17-20,22-23,44-45,47-48H,3-5,7,9-10,15-16,21,24-43H2,1-2H3,(H,50,51)/b8-6-,13-11-,14-12-,19-17-,20-18-,23-22-. The third-order valence-electron chi connectivity index (χ3n) is 8.88. The number of aliphatic hydroxyl groups excluding tert-OH is 2. The molecular weight excluding hydrogens is 727 g/mol. The van der Waals surface area contributed by atoms with E-state index in [-0.39, 0.29) is 13.0 Å². The molecule has 9 nitrogen and oxygen atoms in total. The third kappa shape index (κ3) is 41.5. The lowest BCUT2D eigenvalue weighted by molar-refractivity contribution is -0.154. The topological polar surface area (TPSA) is 132 Å². The largest absolute Gasteiger partial charge is 0.472 e. The molecule has 0 radical (unpaired) electrons. The fourth-order valence-corrected chi connectivity index (χ4v) is 6.34. The minimum atomic E-state index is -4.53. The number of phosphoric ester groups is 1. The molecule has 0 saturated heterocycles. The van der Waals surface area contributed by atoms with Crippen molar-refractivity contribution < 1.29 is 43.0 Å². The second-order valence-electron chi connectivity index (χ2n) is 14.3. The molecule has 324 valence electrons. The first-order valence-corrected chi connectivity index (χ1v) is 23.4.